The van der Waals surface area contributed by atoms with Crippen molar-refractivity contribution in [1.82, 2.24) is 10.2 Å². The van der Waals surface area contributed by atoms with E-state index in [0.29, 0.717) is 19.1 Å². The van der Waals surface area contributed by atoms with Crippen molar-refractivity contribution in [3.05, 3.63) is 0 Å². The third-order valence-electron chi connectivity index (χ3n) is 3.92. The molecule has 1 heterocycles. The van der Waals surface area contributed by atoms with Crippen molar-refractivity contribution < 1.29 is 14.3 Å². The molecule has 0 unspecified atom stereocenters. The van der Waals surface area contributed by atoms with Crippen molar-refractivity contribution >= 4 is 5.91 Å². The topological polar surface area (TPSA) is 50.8 Å². The van der Waals surface area contributed by atoms with Crippen LogP contribution in [0.15, 0.2) is 0 Å². The molecule has 2 rings (SSSR count). The van der Waals surface area contributed by atoms with E-state index in [1.807, 2.05) is 14.0 Å². The van der Waals surface area contributed by atoms with Crippen LogP contribution in [0.25, 0.3) is 0 Å². The van der Waals surface area contributed by atoms with Gasteiger partial charge in [-0.25, -0.2) is 0 Å². The van der Waals surface area contributed by atoms with Crippen LogP contribution in [0.2, 0.25) is 0 Å². The number of carbonyl (C=O) groups is 1. The van der Waals surface area contributed by atoms with E-state index in [0.717, 1.165) is 38.9 Å². The first kappa shape index (κ1) is 13.8. The summed E-state index contributed by atoms with van der Waals surface area (Å²) < 4.78 is 11.4. The van der Waals surface area contributed by atoms with Gasteiger partial charge in [0.1, 0.15) is 0 Å². The van der Waals surface area contributed by atoms with Crippen LogP contribution >= 0.6 is 0 Å². The van der Waals surface area contributed by atoms with Gasteiger partial charge in [-0.15, -0.1) is 0 Å². The van der Waals surface area contributed by atoms with Crippen LogP contribution < -0.4 is 5.32 Å². The zero-order valence-electron chi connectivity index (χ0n) is 11.4. The fourth-order valence-corrected chi connectivity index (χ4v) is 2.88. The standard InChI is InChI=1S/C13H24N2O3/c1-3-14-12(16)10-15(2)11-4-6-13(7-5-11)17-8-9-18-13/h11H,3-10H2,1-2H3,(H,14,16). The average Bonchev–Trinajstić information content (AvgIpc) is 2.78. The molecule has 0 aromatic rings. The number of nitrogens with one attached hydrogen (secondary N) is 1. The molecule has 1 aliphatic heterocycles. The Morgan fingerprint density at radius 2 is 1.94 bits per heavy atom. The van der Waals surface area contributed by atoms with Crippen molar-refractivity contribution in [3.63, 3.8) is 0 Å². The normalized spacial score (nSPS) is 23.7. The van der Waals surface area contributed by atoms with E-state index in [1.165, 1.54) is 0 Å². The lowest BCUT2D eigenvalue weighted by Crippen LogP contribution is -2.45. The van der Waals surface area contributed by atoms with E-state index in [9.17, 15) is 4.79 Å². The summed E-state index contributed by atoms with van der Waals surface area (Å²) in [5.41, 5.74) is 0. The second-order valence-corrected chi connectivity index (χ2v) is 5.21. The molecule has 1 N–H and O–H groups in total. The quantitative estimate of drug-likeness (QED) is 0.806. The molecule has 0 aromatic heterocycles. The molecule has 1 spiro atoms. The minimum absolute atomic E-state index is 0.105. The molecule has 1 aliphatic carbocycles. The number of carbonyl (C=O) groups excluding carboxylic acids is 1. The van der Waals surface area contributed by atoms with Gasteiger partial charge in [-0.1, -0.05) is 0 Å². The lowest BCUT2D eigenvalue weighted by atomic mass is 9.89. The highest BCUT2D eigenvalue weighted by Gasteiger charge is 2.41. The van der Waals surface area contributed by atoms with E-state index < -0.39 is 0 Å². The summed E-state index contributed by atoms with van der Waals surface area (Å²) in [5, 5.41) is 2.83. The zero-order valence-corrected chi connectivity index (χ0v) is 11.4. The van der Waals surface area contributed by atoms with Gasteiger partial charge in [-0.05, 0) is 26.8 Å². The molecule has 1 amide bonds. The van der Waals surface area contributed by atoms with Gasteiger partial charge in [0.25, 0.3) is 0 Å². The van der Waals surface area contributed by atoms with Gasteiger partial charge in [0.15, 0.2) is 5.79 Å². The Labute approximate surface area is 109 Å². The van der Waals surface area contributed by atoms with Gasteiger partial charge in [-0.3, -0.25) is 9.69 Å². The Bertz CT molecular complexity index is 280. The Morgan fingerprint density at radius 3 is 2.50 bits per heavy atom. The van der Waals surface area contributed by atoms with Crippen molar-refractivity contribution in [2.24, 2.45) is 0 Å². The fourth-order valence-electron chi connectivity index (χ4n) is 2.88. The maximum atomic E-state index is 11.5. The average molecular weight is 256 g/mol. The van der Waals surface area contributed by atoms with Crippen LogP contribution in [-0.2, 0) is 14.3 Å². The minimum atomic E-state index is -0.303. The lowest BCUT2D eigenvalue weighted by Gasteiger charge is -2.38. The van der Waals surface area contributed by atoms with Crippen LogP contribution in [0.3, 0.4) is 0 Å². The van der Waals surface area contributed by atoms with E-state index >= 15 is 0 Å². The largest absolute Gasteiger partial charge is 0.355 e. The second-order valence-electron chi connectivity index (χ2n) is 5.21. The van der Waals surface area contributed by atoms with E-state index in [2.05, 4.69) is 10.2 Å². The number of nitrogens with zero attached hydrogens (tertiary/aromatic N) is 1. The molecule has 2 aliphatic rings. The van der Waals surface area contributed by atoms with E-state index in [4.69, 9.17) is 9.47 Å². The van der Waals surface area contributed by atoms with Crippen LogP contribution in [-0.4, -0.2) is 56.0 Å². The minimum Gasteiger partial charge on any atom is -0.355 e. The Hall–Kier alpha value is -0.650. The molecule has 18 heavy (non-hydrogen) atoms. The zero-order chi connectivity index (χ0) is 13.0. The first-order chi connectivity index (χ1) is 8.65. The molecule has 0 aromatic carbocycles. The predicted molar refractivity (Wildman–Crippen MR) is 68.2 cm³/mol. The van der Waals surface area contributed by atoms with Crippen LogP contribution in [0.4, 0.5) is 0 Å². The molecule has 2 fully saturated rings. The Balaban J connectivity index is 1.76. The van der Waals surface area contributed by atoms with E-state index in [1.54, 1.807) is 0 Å². The van der Waals surface area contributed by atoms with Crippen molar-refractivity contribution in [3.8, 4) is 0 Å². The molecule has 1 saturated heterocycles. The van der Waals surface area contributed by atoms with Gasteiger partial charge >= 0.3 is 0 Å². The number of amides is 1. The fraction of sp³-hybridized carbons (Fsp3) is 0.923. The Morgan fingerprint density at radius 1 is 1.33 bits per heavy atom. The van der Waals surface area contributed by atoms with Crippen LogP contribution in [0.1, 0.15) is 32.6 Å². The molecule has 0 atom stereocenters. The molecule has 5 heteroatoms. The second kappa shape index (κ2) is 5.99. The number of hydrogen-bond acceptors (Lipinski definition) is 4. The molecule has 0 radical (unpaired) electrons. The summed E-state index contributed by atoms with van der Waals surface area (Å²) in [7, 11) is 2.02. The number of likely N-dealkylation sites (N-methyl/N-ethyl adjacent to an activating group) is 2. The highest BCUT2D eigenvalue weighted by molar-refractivity contribution is 5.77. The summed E-state index contributed by atoms with van der Waals surface area (Å²) >= 11 is 0. The summed E-state index contributed by atoms with van der Waals surface area (Å²) in [6, 6.07) is 0.464. The predicted octanol–water partition coefficient (Wildman–Crippen LogP) is 0.740. The lowest BCUT2D eigenvalue weighted by molar-refractivity contribution is -0.183. The third kappa shape index (κ3) is 3.22. The molecule has 0 bridgehead atoms. The monoisotopic (exact) mass is 256 g/mol. The molecular formula is C13H24N2O3. The SMILES string of the molecule is CCNC(=O)CN(C)C1CCC2(CC1)OCCO2. The molecule has 5 nitrogen and oxygen atoms in total. The molecule has 104 valence electrons. The number of ether oxygens (including phenoxy) is 2. The van der Waals surface area contributed by atoms with Gasteiger partial charge in [0, 0.05) is 25.4 Å². The van der Waals surface area contributed by atoms with E-state index in [-0.39, 0.29) is 11.7 Å². The molecule has 1 saturated carbocycles. The first-order valence-electron chi connectivity index (χ1n) is 6.90. The summed E-state index contributed by atoms with van der Waals surface area (Å²) in [6.45, 7) is 4.56. The van der Waals surface area contributed by atoms with Crippen molar-refractivity contribution in [2.45, 2.75) is 44.4 Å². The summed E-state index contributed by atoms with van der Waals surface area (Å²) in [4.78, 5) is 13.7. The van der Waals surface area contributed by atoms with Gasteiger partial charge < -0.3 is 14.8 Å². The maximum absolute atomic E-state index is 11.5. The number of rotatable bonds is 4. The van der Waals surface area contributed by atoms with Gasteiger partial charge in [0.05, 0.1) is 19.8 Å². The Kier molecular flexibility index (Phi) is 4.59. The highest BCUT2D eigenvalue weighted by atomic mass is 16.7. The summed E-state index contributed by atoms with van der Waals surface area (Å²) in [6.07, 6.45) is 3.96. The first-order valence-corrected chi connectivity index (χ1v) is 6.90. The van der Waals surface area contributed by atoms with Gasteiger partial charge in [0.2, 0.25) is 5.91 Å². The van der Waals surface area contributed by atoms with Crippen LogP contribution in [0, 0.1) is 0 Å². The van der Waals surface area contributed by atoms with Crippen LogP contribution in [0.5, 0.6) is 0 Å². The summed E-state index contributed by atoms with van der Waals surface area (Å²) in [5.74, 6) is -0.197. The van der Waals surface area contributed by atoms with Gasteiger partial charge in [-0.2, -0.15) is 0 Å². The smallest absolute Gasteiger partial charge is 0.234 e. The third-order valence-corrected chi connectivity index (χ3v) is 3.92. The number of hydrogen-bond donors (Lipinski definition) is 1. The molecular weight excluding hydrogens is 232 g/mol. The van der Waals surface area contributed by atoms with Crippen molar-refractivity contribution in [1.29, 1.82) is 0 Å². The maximum Gasteiger partial charge on any atom is 0.234 e. The van der Waals surface area contributed by atoms with Crippen molar-refractivity contribution in [2.75, 3.05) is 33.4 Å². The highest BCUT2D eigenvalue weighted by Crippen LogP contribution is 2.36.